The largest absolute Gasteiger partial charge is 1.00 e. The van der Waals surface area contributed by atoms with Crippen LogP contribution in [0.5, 0.6) is 5.75 Å². The van der Waals surface area contributed by atoms with Gasteiger partial charge in [-0.3, -0.25) is 0 Å². The van der Waals surface area contributed by atoms with Crippen LogP contribution < -0.4 is 22.0 Å². The Hall–Kier alpha value is -2.82. The summed E-state index contributed by atoms with van der Waals surface area (Å²) in [6, 6.07) is 27.6. The lowest BCUT2D eigenvalue weighted by atomic mass is 9.87. The van der Waals surface area contributed by atoms with Gasteiger partial charge in [0.25, 0.3) is 0 Å². The molecule has 0 aromatic heterocycles. The third-order valence-corrected chi connectivity index (χ3v) is 6.35. The van der Waals surface area contributed by atoms with Gasteiger partial charge in [-0.2, -0.15) is 0 Å². The number of piperidine rings is 1. The van der Waals surface area contributed by atoms with E-state index < -0.39 is 0 Å². The number of carbonyl (C=O) groups excluding carboxylic acids is 1. The van der Waals surface area contributed by atoms with Gasteiger partial charge in [0.2, 0.25) is 0 Å². The number of hydrogen-bond acceptors (Lipinski definition) is 3. The van der Waals surface area contributed by atoms with Crippen LogP contribution in [0.3, 0.4) is 0 Å². The lowest BCUT2D eigenvalue weighted by Gasteiger charge is -2.32. The quantitative estimate of drug-likeness (QED) is 0.512. The van der Waals surface area contributed by atoms with Gasteiger partial charge in [-0.15, -0.1) is 0 Å². The Balaban J connectivity index is 0.00000306. The first-order chi connectivity index (χ1) is 15.7. The van der Waals surface area contributed by atoms with E-state index in [4.69, 9.17) is 9.47 Å². The lowest BCUT2D eigenvalue weighted by Crippen LogP contribution is -3.13. The highest BCUT2D eigenvalue weighted by atomic mass is 35.5. The van der Waals surface area contributed by atoms with Gasteiger partial charge in [0.05, 0.1) is 38.2 Å². The molecule has 3 aromatic rings. The van der Waals surface area contributed by atoms with Crippen LogP contribution in [0.25, 0.3) is 0 Å². The fourth-order valence-electron chi connectivity index (χ4n) is 4.60. The van der Waals surface area contributed by atoms with Crippen LogP contribution in [0.1, 0.15) is 52.8 Å². The van der Waals surface area contributed by atoms with Crippen molar-refractivity contribution in [2.24, 2.45) is 0 Å². The molecular weight excluding hydrogens is 434 g/mol. The van der Waals surface area contributed by atoms with Crippen molar-refractivity contribution >= 4 is 5.97 Å². The standard InChI is InChI=1S/C28H31NO3.ClH/c1-31-25-17-15-23(16-18-25)27(32-28(30)24-13-7-3-8-14-24)26(22-11-5-2-6-12-22)21-29-19-9-4-10-20-29;/h2-3,5-8,11-18,26-27H,4,9-10,19-21H2,1H3;1H. The number of benzene rings is 3. The summed E-state index contributed by atoms with van der Waals surface area (Å²) < 4.78 is 11.6. The molecule has 3 aromatic carbocycles. The SMILES string of the molecule is COc1ccc(C(OC(=O)c2ccccc2)C(C[NH+]2CCCCC2)c2ccccc2)cc1.[Cl-]. The Morgan fingerprint density at radius 1 is 0.818 bits per heavy atom. The highest BCUT2D eigenvalue weighted by Gasteiger charge is 2.33. The molecule has 0 amide bonds. The maximum atomic E-state index is 13.1. The van der Waals surface area contributed by atoms with Crippen LogP contribution in [0.2, 0.25) is 0 Å². The predicted octanol–water partition coefficient (Wildman–Crippen LogP) is 1.45. The highest BCUT2D eigenvalue weighted by Crippen LogP contribution is 2.35. The van der Waals surface area contributed by atoms with Crippen molar-refractivity contribution < 1.29 is 31.6 Å². The summed E-state index contributed by atoms with van der Waals surface area (Å²) in [5, 5.41) is 0. The summed E-state index contributed by atoms with van der Waals surface area (Å²) >= 11 is 0. The first-order valence-electron chi connectivity index (χ1n) is 11.5. The minimum Gasteiger partial charge on any atom is -1.00 e. The topological polar surface area (TPSA) is 40.0 Å². The first-order valence-corrected chi connectivity index (χ1v) is 11.5. The second-order valence-corrected chi connectivity index (χ2v) is 8.50. The molecule has 1 N–H and O–H groups in total. The molecule has 174 valence electrons. The van der Waals surface area contributed by atoms with E-state index in [1.807, 2.05) is 48.5 Å². The number of quaternary nitrogens is 1. The maximum absolute atomic E-state index is 13.1. The van der Waals surface area contributed by atoms with Gasteiger partial charge < -0.3 is 26.8 Å². The molecule has 0 saturated carbocycles. The summed E-state index contributed by atoms with van der Waals surface area (Å²) in [6.07, 6.45) is 3.44. The van der Waals surface area contributed by atoms with Crippen LogP contribution in [0.15, 0.2) is 84.9 Å². The lowest BCUT2D eigenvalue weighted by molar-refractivity contribution is -0.906. The second-order valence-electron chi connectivity index (χ2n) is 8.50. The molecule has 5 heteroatoms. The number of esters is 1. The monoisotopic (exact) mass is 465 g/mol. The minimum absolute atomic E-state index is 0. The molecule has 2 atom stereocenters. The van der Waals surface area contributed by atoms with Crippen LogP contribution >= 0.6 is 0 Å². The number of halogens is 1. The van der Waals surface area contributed by atoms with Crippen molar-refractivity contribution in [2.75, 3.05) is 26.7 Å². The fourth-order valence-corrected chi connectivity index (χ4v) is 4.60. The van der Waals surface area contributed by atoms with Gasteiger partial charge >= 0.3 is 5.97 Å². The number of nitrogens with one attached hydrogen (secondary N) is 1. The van der Waals surface area contributed by atoms with Crippen LogP contribution in [-0.2, 0) is 4.74 Å². The van der Waals surface area contributed by atoms with Crippen molar-refractivity contribution in [1.29, 1.82) is 0 Å². The molecule has 0 spiro atoms. The summed E-state index contributed by atoms with van der Waals surface area (Å²) in [5.74, 6) is 0.561. The first kappa shape index (κ1) is 24.8. The predicted molar refractivity (Wildman–Crippen MR) is 126 cm³/mol. The van der Waals surface area contributed by atoms with Gasteiger partial charge in [-0.1, -0.05) is 60.7 Å². The molecule has 4 rings (SSSR count). The van der Waals surface area contributed by atoms with Crippen molar-refractivity contribution in [1.82, 2.24) is 0 Å². The number of likely N-dealkylation sites (tertiary alicyclic amines) is 1. The maximum Gasteiger partial charge on any atom is 0.338 e. The van der Waals surface area contributed by atoms with E-state index >= 15 is 0 Å². The van der Waals surface area contributed by atoms with E-state index in [9.17, 15) is 4.79 Å². The highest BCUT2D eigenvalue weighted by molar-refractivity contribution is 5.89. The van der Waals surface area contributed by atoms with Crippen LogP contribution in [-0.4, -0.2) is 32.7 Å². The molecule has 0 aliphatic carbocycles. The zero-order valence-corrected chi connectivity index (χ0v) is 19.8. The summed E-state index contributed by atoms with van der Waals surface area (Å²) in [7, 11) is 1.66. The van der Waals surface area contributed by atoms with Gasteiger partial charge in [-0.05, 0) is 54.7 Å². The van der Waals surface area contributed by atoms with Crippen molar-refractivity contribution in [3.05, 3.63) is 102 Å². The minimum atomic E-state index is -0.384. The van der Waals surface area contributed by atoms with E-state index in [0.717, 1.165) is 17.9 Å². The molecule has 1 aliphatic rings. The molecule has 0 radical (unpaired) electrons. The Labute approximate surface area is 202 Å². The number of hydrogen-bond donors (Lipinski definition) is 1. The molecule has 4 nitrogen and oxygen atoms in total. The average molecular weight is 466 g/mol. The Kier molecular flexibility index (Phi) is 9.35. The number of carbonyl (C=O) groups is 1. The van der Waals surface area contributed by atoms with Gasteiger partial charge in [0.1, 0.15) is 11.9 Å². The molecule has 1 heterocycles. The Morgan fingerprint density at radius 2 is 1.42 bits per heavy atom. The van der Waals surface area contributed by atoms with E-state index in [2.05, 4.69) is 24.3 Å². The number of methoxy groups -OCH3 is 1. The van der Waals surface area contributed by atoms with Crippen LogP contribution in [0.4, 0.5) is 0 Å². The third kappa shape index (κ3) is 6.59. The van der Waals surface area contributed by atoms with Crippen molar-refractivity contribution in [2.45, 2.75) is 31.3 Å². The summed E-state index contributed by atoms with van der Waals surface area (Å²) in [6.45, 7) is 3.28. The van der Waals surface area contributed by atoms with Gasteiger partial charge in [0, 0.05) is 0 Å². The van der Waals surface area contributed by atoms with Crippen molar-refractivity contribution in [3.63, 3.8) is 0 Å². The normalized spacial score (nSPS) is 15.7. The summed E-state index contributed by atoms with van der Waals surface area (Å²) in [4.78, 5) is 14.7. The molecule has 2 unspecified atom stereocenters. The molecule has 0 bridgehead atoms. The van der Waals surface area contributed by atoms with Crippen molar-refractivity contribution in [3.8, 4) is 5.75 Å². The Morgan fingerprint density at radius 3 is 2.03 bits per heavy atom. The molecule has 1 aliphatic heterocycles. The van der Waals surface area contributed by atoms with E-state index in [1.165, 1.54) is 37.9 Å². The second kappa shape index (κ2) is 12.4. The molecular formula is C28H32ClNO3. The van der Waals surface area contributed by atoms with Gasteiger partial charge in [-0.25, -0.2) is 4.79 Å². The van der Waals surface area contributed by atoms with E-state index in [0.29, 0.717) is 5.56 Å². The molecule has 1 saturated heterocycles. The Bertz CT molecular complexity index is 973. The molecule has 1 fully saturated rings. The number of rotatable bonds is 8. The fraction of sp³-hybridized carbons (Fsp3) is 0.321. The number of ether oxygens (including phenoxy) is 2. The zero-order chi connectivity index (χ0) is 22.2. The smallest absolute Gasteiger partial charge is 0.338 e. The average Bonchev–Trinajstić information content (AvgIpc) is 2.88. The third-order valence-electron chi connectivity index (χ3n) is 6.35. The van der Waals surface area contributed by atoms with Crippen LogP contribution in [0, 0.1) is 0 Å². The van der Waals surface area contributed by atoms with E-state index in [1.54, 1.807) is 24.1 Å². The van der Waals surface area contributed by atoms with Gasteiger partial charge in [0.15, 0.2) is 0 Å². The molecule has 33 heavy (non-hydrogen) atoms. The summed E-state index contributed by atoms with van der Waals surface area (Å²) in [5.41, 5.74) is 2.76. The van der Waals surface area contributed by atoms with E-state index in [-0.39, 0.29) is 30.4 Å². The zero-order valence-electron chi connectivity index (χ0n) is 19.1.